The topological polar surface area (TPSA) is 34.4 Å². The summed E-state index contributed by atoms with van der Waals surface area (Å²) in [5, 5.41) is 3.31. The Balaban J connectivity index is 1.80. The molecule has 6 heteroatoms. The molecule has 108 valence electrons. The quantitative estimate of drug-likeness (QED) is 0.604. The lowest BCUT2D eigenvalue weighted by molar-refractivity contribution is 0.299. The molecule has 2 rings (SSSR count). The number of halogens is 3. The van der Waals surface area contributed by atoms with Gasteiger partial charge in [0.1, 0.15) is 23.9 Å². The summed E-state index contributed by atoms with van der Waals surface area (Å²) in [6.07, 6.45) is 1.64. The molecule has 0 bridgehead atoms. The second-order valence-electron chi connectivity index (χ2n) is 4.24. The first-order valence-corrected chi connectivity index (χ1v) is 7.29. The Labute approximate surface area is 130 Å². The normalized spacial score (nSPS) is 12.4. The summed E-state index contributed by atoms with van der Waals surface area (Å²) in [7, 11) is 0. The summed E-state index contributed by atoms with van der Waals surface area (Å²) in [4.78, 5) is 0. The van der Waals surface area contributed by atoms with Crippen LogP contribution >= 0.6 is 27.5 Å². The monoisotopic (exact) mass is 361 g/mol. The minimum Gasteiger partial charge on any atom is -0.491 e. The summed E-state index contributed by atoms with van der Waals surface area (Å²) in [5.74, 6) is 0.796. The zero-order valence-electron chi connectivity index (χ0n) is 10.8. The van der Waals surface area contributed by atoms with Crippen molar-refractivity contribution in [2.24, 2.45) is 0 Å². The molecule has 2 aromatic rings. The van der Waals surface area contributed by atoms with Crippen LogP contribution in [0.5, 0.6) is 5.75 Å². The van der Waals surface area contributed by atoms with Gasteiger partial charge in [0, 0.05) is 12.6 Å². The van der Waals surface area contributed by atoms with Gasteiger partial charge < -0.3 is 14.5 Å². The van der Waals surface area contributed by atoms with Crippen LogP contribution in [-0.4, -0.2) is 13.2 Å². The number of ether oxygens (including phenoxy) is 1. The van der Waals surface area contributed by atoms with E-state index in [9.17, 15) is 4.39 Å². The summed E-state index contributed by atoms with van der Waals surface area (Å²) in [6.45, 7) is 3.01. The molecule has 0 aliphatic carbocycles. The Hall–Kier alpha value is -1.04. The molecule has 0 aliphatic heterocycles. The van der Waals surface area contributed by atoms with E-state index in [1.54, 1.807) is 6.26 Å². The molecule has 20 heavy (non-hydrogen) atoms. The number of hydrogen-bond acceptors (Lipinski definition) is 3. The standard InChI is InChI=1S/C14H14BrClFNO2/c1-9(13-3-2-5-19-13)18-4-6-20-14-8-12(17)11(16)7-10(14)15/h2-3,5,7-9,18H,4,6H2,1H3. The molecule has 0 fully saturated rings. The van der Waals surface area contributed by atoms with Crippen LogP contribution in [0.15, 0.2) is 39.4 Å². The molecule has 1 atom stereocenters. The van der Waals surface area contributed by atoms with Crippen LogP contribution in [0, 0.1) is 5.82 Å². The second-order valence-corrected chi connectivity index (χ2v) is 5.50. The van der Waals surface area contributed by atoms with Gasteiger partial charge in [-0.1, -0.05) is 11.6 Å². The van der Waals surface area contributed by atoms with Crippen molar-refractivity contribution in [3.8, 4) is 5.75 Å². The van der Waals surface area contributed by atoms with Crippen LogP contribution in [0.3, 0.4) is 0 Å². The van der Waals surface area contributed by atoms with Crippen molar-refractivity contribution < 1.29 is 13.5 Å². The molecule has 1 N–H and O–H groups in total. The van der Waals surface area contributed by atoms with Gasteiger partial charge in [0.15, 0.2) is 0 Å². The predicted molar refractivity (Wildman–Crippen MR) is 79.7 cm³/mol. The predicted octanol–water partition coefficient (Wildman–Crippen LogP) is 4.56. The van der Waals surface area contributed by atoms with Crippen LogP contribution in [0.4, 0.5) is 4.39 Å². The molecule has 0 radical (unpaired) electrons. The molecule has 0 saturated carbocycles. The van der Waals surface area contributed by atoms with Crippen LogP contribution < -0.4 is 10.1 Å². The summed E-state index contributed by atoms with van der Waals surface area (Å²) >= 11 is 8.94. The van der Waals surface area contributed by atoms with Crippen LogP contribution in [0.1, 0.15) is 18.7 Å². The zero-order valence-corrected chi connectivity index (χ0v) is 13.2. The highest BCUT2D eigenvalue weighted by atomic mass is 79.9. The summed E-state index contributed by atoms with van der Waals surface area (Å²) < 4.78 is 24.7. The van der Waals surface area contributed by atoms with Crippen LogP contribution in [0.25, 0.3) is 0 Å². The fourth-order valence-corrected chi connectivity index (χ4v) is 2.44. The van der Waals surface area contributed by atoms with Gasteiger partial charge in [-0.25, -0.2) is 4.39 Å². The molecule has 1 aromatic heterocycles. The lowest BCUT2D eigenvalue weighted by Crippen LogP contribution is -2.24. The minimum atomic E-state index is -0.498. The van der Waals surface area contributed by atoms with E-state index < -0.39 is 5.82 Å². The van der Waals surface area contributed by atoms with Crippen molar-refractivity contribution in [1.29, 1.82) is 0 Å². The Morgan fingerprint density at radius 3 is 3.00 bits per heavy atom. The Morgan fingerprint density at radius 1 is 1.50 bits per heavy atom. The van der Waals surface area contributed by atoms with Gasteiger partial charge in [0.2, 0.25) is 0 Å². The van der Waals surface area contributed by atoms with Gasteiger partial charge in [0.05, 0.1) is 21.8 Å². The van der Waals surface area contributed by atoms with Gasteiger partial charge in [-0.05, 0) is 41.1 Å². The van der Waals surface area contributed by atoms with Gasteiger partial charge in [-0.3, -0.25) is 0 Å². The van der Waals surface area contributed by atoms with E-state index in [0.29, 0.717) is 23.4 Å². The van der Waals surface area contributed by atoms with Crippen molar-refractivity contribution in [3.05, 3.63) is 51.6 Å². The third-order valence-electron chi connectivity index (χ3n) is 2.75. The van der Waals surface area contributed by atoms with Crippen molar-refractivity contribution in [2.75, 3.05) is 13.2 Å². The van der Waals surface area contributed by atoms with Crippen molar-refractivity contribution in [3.63, 3.8) is 0 Å². The maximum absolute atomic E-state index is 13.3. The molecule has 0 spiro atoms. The molecule has 0 amide bonds. The van der Waals surface area contributed by atoms with E-state index >= 15 is 0 Å². The SMILES string of the molecule is CC(NCCOc1cc(F)c(Cl)cc1Br)c1ccco1. The first-order chi connectivity index (χ1) is 9.58. The second kappa shape index (κ2) is 7.11. The Morgan fingerprint density at radius 2 is 2.30 bits per heavy atom. The Kier molecular flexibility index (Phi) is 5.46. The van der Waals surface area contributed by atoms with Crippen molar-refractivity contribution in [1.82, 2.24) is 5.32 Å². The van der Waals surface area contributed by atoms with Crippen molar-refractivity contribution >= 4 is 27.5 Å². The molecule has 0 aliphatic rings. The summed E-state index contributed by atoms with van der Waals surface area (Å²) in [6, 6.07) is 6.59. The largest absolute Gasteiger partial charge is 0.491 e. The first kappa shape index (κ1) is 15.4. The van der Waals surface area contributed by atoms with E-state index in [4.69, 9.17) is 20.8 Å². The van der Waals surface area contributed by atoms with Crippen molar-refractivity contribution in [2.45, 2.75) is 13.0 Å². The molecule has 1 heterocycles. The lowest BCUT2D eigenvalue weighted by atomic mass is 10.2. The number of rotatable bonds is 6. The van der Waals surface area contributed by atoms with Gasteiger partial charge in [-0.15, -0.1) is 0 Å². The Bertz CT molecular complexity index is 563. The minimum absolute atomic E-state index is 0.0637. The highest BCUT2D eigenvalue weighted by Gasteiger charge is 2.09. The van der Waals surface area contributed by atoms with Gasteiger partial charge >= 0.3 is 0 Å². The first-order valence-electron chi connectivity index (χ1n) is 6.12. The van der Waals surface area contributed by atoms with E-state index in [0.717, 1.165) is 5.76 Å². The number of nitrogens with one attached hydrogen (secondary N) is 1. The fraction of sp³-hybridized carbons (Fsp3) is 0.286. The maximum atomic E-state index is 13.3. The van der Waals surface area contributed by atoms with Gasteiger partial charge in [0.25, 0.3) is 0 Å². The zero-order chi connectivity index (χ0) is 14.5. The average molecular weight is 363 g/mol. The number of hydrogen-bond donors (Lipinski definition) is 1. The third-order valence-corrected chi connectivity index (χ3v) is 3.66. The van der Waals surface area contributed by atoms with E-state index in [1.807, 2.05) is 19.1 Å². The smallest absolute Gasteiger partial charge is 0.145 e. The van der Waals surface area contributed by atoms with Crippen LogP contribution in [-0.2, 0) is 0 Å². The molecular formula is C14H14BrClFNO2. The highest BCUT2D eigenvalue weighted by Crippen LogP contribution is 2.30. The average Bonchev–Trinajstić information content (AvgIpc) is 2.94. The third kappa shape index (κ3) is 3.98. The van der Waals surface area contributed by atoms with Gasteiger partial charge in [-0.2, -0.15) is 0 Å². The molecule has 3 nitrogen and oxygen atoms in total. The molecule has 0 saturated heterocycles. The summed E-state index contributed by atoms with van der Waals surface area (Å²) in [5.41, 5.74) is 0. The van der Waals surface area contributed by atoms with E-state index in [1.165, 1.54) is 12.1 Å². The highest BCUT2D eigenvalue weighted by molar-refractivity contribution is 9.10. The maximum Gasteiger partial charge on any atom is 0.145 e. The van der Waals surface area contributed by atoms with Crippen LogP contribution in [0.2, 0.25) is 5.02 Å². The fourth-order valence-electron chi connectivity index (χ4n) is 1.69. The number of benzene rings is 1. The molecule has 1 unspecified atom stereocenters. The number of furan rings is 1. The lowest BCUT2D eigenvalue weighted by Gasteiger charge is -2.13. The molecular weight excluding hydrogens is 349 g/mol. The molecule has 1 aromatic carbocycles. The van der Waals surface area contributed by atoms with E-state index in [-0.39, 0.29) is 11.1 Å². The van der Waals surface area contributed by atoms with E-state index in [2.05, 4.69) is 21.2 Å².